The zero-order valence-corrected chi connectivity index (χ0v) is 13.6. The quantitative estimate of drug-likeness (QED) is 0.453. The molecule has 0 aliphatic carbocycles. The first-order valence-corrected chi connectivity index (χ1v) is 7.37. The van der Waals surface area contributed by atoms with Gasteiger partial charge in [-0.2, -0.15) is 0 Å². The number of ether oxygens (including phenoxy) is 3. The molecular weight excluding hydrogens is 282 g/mol. The van der Waals surface area contributed by atoms with Crippen molar-refractivity contribution in [1.82, 2.24) is 0 Å². The minimum absolute atomic E-state index is 0.361. The number of esters is 1. The Labute approximate surface area is 131 Å². The summed E-state index contributed by atoms with van der Waals surface area (Å²) in [6.45, 7) is 6.86. The van der Waals surface area contributed by atoms with Gasteiger partial charge in [0.15, 0.2) is 11.5 Å². The molecule has 0 saturated carbocycles. The number of benzene rings is 1. The lowest BCUT2D eigenvalue weighted by atomic mass is 10.1. The molecule has 1 N–H and O–H groups in total. The van der Waals surface area contributed by atoms with Gasteiger partial charge in [-0.1, -0.05) is 19.8 Å². The fraction of sp³-hybridized carbons (Fsp3) is 0.471. The average molecular weight is 305 g/mol. The molecule has 0 aliphatic heterocycles. The molecule has 0 aromatic heterocycles. The van der Waals surface area contributed by atoms with Crippen molar-refractivity contribution in [1.29, 1.82) is 0 Å². The van der Waals surface area contributed by atoms with Crippen LogP contribution in [-0.2, 0) is 4.74 Å². The summed E-state index contributed by atoms with van der Waals surface area (Å²) in [5, 5.41) is 2.88. The third kappa shape index (κ3) is 4.88. The van der Waals surface area contributed by atoms with Crippen LogP contribution in [0.3, 0.4) is 0 Å². The second-order valence-corrected chi connectivity index (χ2v) is 4.53. The summed E-state index contributed by atoms with van der Waals surface area (Å²) in [6.07, 6.45) is 1.74. The van der Waals surface area contributed by atoms with Crippen molar-refractivity contribution in [3.8, 4) is 23.5 Å². The average Bonchev–Trinajstić information content (AvgIpc) is 2.55. The highest BCUT2D eigenvalue weighted by atomic mass is 16.5. The standard InChI is InChI=1S/C17H23NO4/c1-5-8-18-14-12-16(22-10-7-3)15(21-9-6-2)11-13(14)17(19)20-4/h11-12,18H,6-7,9-10H2,1-4H3. The Morgan fingerprint density at radius 3 is 2.23 bits per heavy atom. The SMILES string of the molecule is CC#CNc1cc(OCCC)c(OCCC)cc1C(=O)OC. The van der Waals surface area contributed by atoms with Gasteiger partial charge < -0.3 is 19.5 Å². The first-order valence-electron chi connectivity index (χ1n) is 7.37. The molecule has 1 rings (SSSR count). The third-order valence-corrected chi connectivity index (χ3v) is 2.73. The molecule has 0 spiro atoms. The van der Waals surface area contributed by atoms with Crippen molar-refractivity contribution in [2.75, 3.05) is 25.6 Å². The van der Waals surface area contributed by atoms with E-state index in [4.69, 9.17) is 14.2 Å². The fourth-order valence-corrected chi connectivity index (χ4v) is 1.72. The molecule has 1 aromatic carbocycles. The summed E-state index contributed by atoms with van der Waals surface area (Å²) in [4.78, 5) is 11.9. The van der Waals surface area contributed by atoms with Crippen LogP contribution in [0.1, 0.15) is 44.0 Å². The van der Waals surface area contributed by atoms with Gasteiger partial charge in [0.05, 0.1) is 31.6 Å². The number of hydrogen-bond acceptors (Lipinski definition) is 5. The Hall–Kier alpha value is -2.35. The minimum atomic E-state index is -0.455. The normalized spacial score (nSPS) is 9.45. The molecule has 5 nitrogen and oxygen atoms in total. The minimum Gasteiger partial charge on any atom is -0.490 e. The van der Waals surface area contributed by atoms with Crippen LogP contribution in [0.25, 0.3) is 0 Å². The van der Waals surface area contributed by atoms with Gasteiger partial charge in [0.25, 0.3) is 0 Å². The highest BCUT2D eigenvalue weighted by Gasteiger charge is 2.18. The highest BCUT2D eigenvalue weighted by molar-refractivity contribution is 5.97. The van der Waals surface area contributed by atoms with Gasteiger partial charge >= 0.3 is 5.97 Å². The van der Waals surface area contributed by atoms with Crippen molar-refractivity contribution in [3.05, 3.63) is 17.7 Å². The van der Waals surface area contributed by atoms with Crippen molar-refractivity contribution in [2.24, 2.45) is 0 Å². The Bertz CT molecular complexity index is 558. The summed E-state index contributed by atoms with van der Waals surface area (Å²) in [5.74, 6) is 3.39. The van der Waals surface area contributed by atoms with Gasteiger partial charge in [0.1, 0.15) is 0 Å². The smallest absolute Gasteiger partial charge is 0.340 e. The van der Waals surface area contributed by atoms with E-state index >= 15 is 0 Å². The van der Waals surface area contributed by atoms with E-state index in [0.717, 1.165) is 12.8 Å². The molecule has 0 amide bonds. The fourth-order valence-electron chi connectivity index (χ4n) is 1.72. The van der Waals surface area contributed by atoms with Crippen LogP contribution in [0.5, 0.6) is 11.5 Å². The molecule has 0 atom stereocenters. The van der Waals surface area contributed by atoms with Gasteiger partial charge in [-0.05, 0) is 19.8 Å². The summed E-state index contributed by atoms with van der Waals surface area (Å²) < 4.78 is 16.2. The number of carbonyl (C=O) groups is 1. The number of anilines is 1. The lowest BCUT2D eigenvalue weighted by Gasteiger charge is -2.16. The van der Waals surface area contributed by atoms with Crippen LogP contribution >= 0.6 is 0 Å². The van der Waals surface area contributed by atoms with Crippen LogP contribution in [0, 0.1) is 12.0 Å². The lowest BCUT2D eigenvalue weighted by Crippen LogP contribution is -2.09. The molecule has 0 unspecified atom stereocenters. The second-order valence-electron chi connectivity index (χ2n) is 4.53. The van der Waals surface area contributed by atoms with E-state index in [9.17, 15) is 4.79 Å². The maximum absolute atomic E-state index is 11.9. The zero-order chi connectivity index (χ0) is 16.4. The Kier molecular flexibility index (Phi) is 7.69. The van der Waals surface area contributed by atoms with E-state index in [1.165, 1.54) is 7.11 Å². The van der Waals surface area contributed by atoms with E-state index in [0.29, 0.717) is 36.0 Å². The van der Waals surface area contributed by atoms with Crippen LogP contribution in [-0.4, -0.2) is 26.3 Å². The molecule has 120 valence electrons. The van der Waals surface area contributed by atoms with Gasteiger partial charge in [0.2, 0.25) is 0 Å². The maximum Gasteiger partial charge on any atom is 0.340 e. The predicted molar refractivity (Wildman–Crippen MR) is 86.4 cm³/mol. The predicted octanol–water partition coefficient (Wildman–Crippen LogP) is 3.44. The summed E-state index contributed by atoms with van der Waals surface area (Å²) in [5.41, 5.74) is 0.899. The van der Waals surface area contributed by atoms with Crippen LogP contribution in [0.2, 0.25) is 0 Å². The van der Waals surface area contributed by atoms with Gasteiger partial charge in [-0.3, -0.25) is 0 Å². The van der Waals surface area contributed by atoms with Crippen LogP contribution in [0.15, 0.2) is 12.1 Å². The number of carbonyl (C=O) groups excluding carboxylic acids is 1. The van der Waals surface area contributed by atoms with Gasteiger partial charge in [-0.25, -0.2) is 4.79 Å². The zero-order valence-electron chi connectivity index (χ0n) is 13.6. The summed E-state index contributed by atoms with van der Waals surface area (Å²) in [6, 6.07) is 6.08. The van der Waals surface area contributed by atoms with Crippen LogP contribution in [0.4, 0.5) is 5.69 Å². The van der Waals surface area contributed by atoms with Crippen LogP contribution < -0.4 is 14.8 Å². The number of hydrogen-bond donors (Lipinski definition) is 1. The van der Waals surface area contributed by atoms with Gasteiger partial charge in [-0.15, -0.1) is 0 Å². The second kappa shape index (κ2) is 9.56. The molecule has 0 saturated heterocycles. The molecule has 0 bridgehead atoms. The Morgan fingerprint density at radius 1 is 1.14 bits per heavy atom. The largest absolute Gasteiger partial charge is 0.490 e. The van der Waals surface area contributed by atoms with Crippen molar-refractivity contribution in [3.63, 3.8) is 0 Å². The molecule has 0 fully saturated rings. The third-order valence-electron chi connectivity index (χ3n) is 2.73. The number of methoxy groups -OCH3 is 1. The lowest BCUT2D eigenvalue weighted by molar-refractivity contribution is 0.0601. The Balaban J connectivity index is 3.26. The topological polar surface area (TPSA) is 56.8 Å². The van der Waals surface area contributed by atoms with Crippen molar-refractivity contribution >= 4 is 11.7 Å². The maximum atomic E-state index is 11.9. The molecule has 5 heteroatoms. The van der Waals surface area contributed by atoms with E-state index in [-0.39, 0.29) is 0 Å². The van der Waals surface area contributed by atoms with E-state index in [2.05, 4.69) is 17.3 Å². The highest BCUT2D eigenvalue weighted by Crippen LogP contribution is 2.34. The first kappa shape index (κ1) is 17.7. The van der Waals surface area contributed by atoms with E-state index in [1.807, 2.05) is 13.8 Å². The van der Waals surface area contributed by atoms with Gasteiger partial charge in [0, 0.05) is 18.2 Å². The first-order chi connectivity index (χ1) is 10.7. The molecular formula is C17H23NO4. The number of rotatable bonds is 8. The number of nitrogens with one attached hydrogen (secondary N) is 1. The van der Waals surface area contributed by atoms with Crippen molar-refractivity contribution in [2.45, 2.75) is 33.6 Å². The molecule has 0 radical (unpaired) electrons. The summed E-state index contributed by atoms with van der Waals surface area (Å²) in [7, 11) is 1.34. The van der Waals surface area contributed by atoms with E-state index in [1.54, 1.807) is 19.1 Å². The molecule has 0 heterocycles. The molecule has 1 aromatic rings. The van der Waals surface area contributed by atoms with E-state index < -0.39 is 5.97 Å². The monoisotopic (exact) mass is 305 g/mol. The summed E-state index contributed by atoms with van der Waals surface area (Å²) >= 11 is 0. The molecule has 22 heavy (non-hydrogen) atoms. The molecule has 0 aliphatic rings. The van der Waals surface area contributed by atoms with Crippen molar-refractivity contribution < 1.29 is 19.0 Å². The Morgan fingerprint density at radius 2 is 1.73 bits per heavy atom.